The van der Waals surface area contributed by atoms with Crippen molar-refractivity contribution in [1.29, 1.82) is 0 Å². The van der Waals surface area contributed by atoms with E-state index in [4.69, 9.17) is 23.2 Å². The van der Waals surface area contributed by atoms with E-state index >= 15 is 0 Å². The number of aryl methyl sites for hydroxylation is 1. The summed E-state index contributed by atoms with van der Waals surface area (Å²) in [6.45, 7) is 3.44. The molecule has 0 bridgehead atoms. The molecular formula is C19H17Cl2N5O2. The molecule has 0 aliphatic carbocycles. The van der Waals surface area contributed by atoms with Gasteiger partial charge in [0.1, 0.15) is 6.54 Å². The summed E-state index contributed by atoms with van der Waals surface area (Å²) < 4.78 is 1.36. The molecule has 9 heteroatoms. The van der Waals surface area contributed by atoms with Gasteiger partial charge in [0.2, 0.25) is 5.91 Å². The molecule has 0 unspecified atom stereocenters. The highest BCUT2D eigenvalue weighted by atomic mass is 35.5. The molecule has 2 N–H and O–H groups in total. The van der Waals surface area contributed by atoms with Gasteiger partial charge in [-0.15, -0.1) is 5.10 Å². The molecule has 7 nitrogen and oxygen atoms in total. The smallest absolute Gasteiger partial charge is 0.278 e. The van der Waals surface area contributed by atoms with Gasteiger partial charge in [-0.3, -0.25) is 9.59 Å². The van der Waals surface area contributed by atoms with E-state index in [0.29, 0.717) is 27.1 Å². The van der Waals surface area contributed by atoms with Crippen LogP contribution in [0, 0.1) is 13.8 Å². The number of aromatic nitrogens is 3. The van der Waals surface area contributed by atoms with Crippen LogP contribution in [0.5, 0.6) is 0 Å². The predicted octanol–water partition coefficient (Wildman–Crippen LogP) is 4.09. The number of nitrogens with zero attached hydrogens (tertiary/aromatic N) is 3. The summed E-state index contributed by atoms with van der Waals surface area (Å²) in [6, 6.07) is 12.0. The van der Waals surface area contributed by atoms with Crippen LogP contribution >= 0.6 is 23.2 Å². The molecule has 0 aliphatic rings. The van der Waals surface area contributed by atoms with Gasteiger partial charge in [-0.2, -0.15) is 0 Å². The van der Waals surface area contributed by atoms with E-state index in [1.165, 1.54) is 4.68 Å². The Balaban J connectivity index is 1.70. The summed E-state index contributed by atoms with van der Waals surface area (Å²) in [6.07, 6.45) is 0. The van der Waals surface area contributed by atoms with Crippen molar-refractivity contribution in [3.8, 4) is 0 Å². The first-order valence-electron chi connectivity index (χ1n) is 8.36. The lowest BCUT2D eigenvalue weighted by atomic mass is 10.2. The predicted molar refractivity (Wildman–Crippen MR) is 109 cm³/mol. The molecule has 0 saturated heterocycles. The molecule has 2 aromatic carbocycles. The summed E-state index contributed by atoms with van der Waals surface area (Å²) in [5.41, 5.74) is 2.63. The molecule has 2 amide bonds. The molecule has 3 aromatic rings. The number of amides is 2. The van der Waals surface area contributed by atoms with E-state index < -0.39 is 5.91 Å². The normalized spacial score (nSPS) is 10.6. The third kappa shape index (κ3) is 4.68. The molecular weight excluding hydrogens is 401 g/mol. The monoisotopic (exact) mass is 417 g/mol. The van der Waals surface area contributed by atoms with Crippen molar-refractivity contribution in [3.63, 3.8) is 0 Å². The number of nitrogens with one attached hydrogen (secondary N) is 2. The van der Waals surface area contributed by atoms with E-state index in [9.17, 15) is 9.59 Å². The number of anilines is 2. The van der Waals surface area contributed by atoms with Crippen LogP contribution in [-0.4, -0.2) is 26.8 Å². The summed E-state index contributed by atoms with van der Waals surface area (Å²) in [5.74, 6) is -0.739. The molecule has 0 fully saturated rings. The number of hydrogen-bond donors (Lipinski definition) is 2. The first kappa shape index (κ1) is 19.9. The maximum absolute atomic E-state index is 12.5. The molecule has 1 heterocycles. The Morgan fingerprint density at radius 3 is 2.54 bits per heavy atom. The maximum Gasteiger partial charge on any atom is 0.278 e. The van der Waals surface area contributed by atoms with Gasteiger partial charge in [-0.05, 0) is 49.7 Å². The number of halogens is 2. The highest BCUT2D eigenvalue weighted by Crippen LogP contribution is 2.21. The van der Waals surface area contributed by atoms with Crippen molar-refractivity contribution in [2.45, 2.75) is 20.4 Å². The number of benzene rings is 2. The van der Waals surface area contributed by atoms with Crippen LogP contribution in [0.25, 0.3) is 0 Å². The number of carbonyl (C=O) groups excluding carboxylic acids is 2. The average molecular weight is 418 g/mol. The molecule has 144 valence electrons. The molecule has 0 aliphatic heterocycles. The number of hydrogen-bond acceptors (Lipinski definition) is 4. The van der Waals surface area contributed by atoms with Gasteiger partial charge in [0.15, 0.2) is 5.69 Å². The van der Waals surface area contributed by atoms with Gasteiger partial charge in [-0.1, -0.05) is 40.5 Å². The fourth-order valence-corrected chi connectivity index (χ4v) is 2.90. The Hall–Kier alpha value is -2.90. The Morgan fingerprint density at radius 2 is 1.79 bits per heavy atom. The minimum absolute atomic E-state index is 0.0885. The molecule has 0 radical (unpaired) electrons. The average Bonchev–Trinajstić information content (AvgIpc) is 2.98. The third-order valence-electron chi connectivity index (χ3n) is 4.05. The zero-order chi connectivity index (χ0) is 20.3. The Kier molecular flexibility index (Phi) is 5.96. The van der Waals surface area contributed by atoms with E-state index in [0.717, 1.165) is 5.56 Å². The van der Waals surface area contributed by atoms with Gasteiger partial charge in [0, 0.05) is 21.4 Å². The van der Waals surface area contributed by atoms with E-state index in [-0.39, 0.29) is 18.1 Å². The molecule has 0 saturated carbocycles. The second-order valence-corrected chi connectivity index (χ2v) is 7.03. The lowest BCUT2D eigenvalue weighted by Gasteiger charge is -2.08. The van der Waals surface area contributed by atoms with Gasteiger partial charge in [0.05, 0.1) is 5.69 Å². The highest BCUT2D eigenvalue weighted by Gasteiger charge is 2.19. The second kappa shape index (κ2) is 8.41. The first-order valence-corrected chi connectivity index (χ1v) is 9.12. The number of carbonyl (C=O) groups is 2. The number of rotatable bonds is 5. The minimum Gasteiger partial charge on any atom is -0.324 e. The molecule has 1 aromatic heterocycles. The maximum atomic E-state index is 12.5. The fraction of sp³-hybridized carbons (Fsp3) is 0.158. The second-order valence-electron chi connectivity index (χ2n) is 6.15. The van der Waals surface area contributed by atoms with Crippen molar-refractivity contribution in [2.75, 3.05) is 10.6 Å². The SMILES string of the molecule is Cc1ccc(Cl)cc1NC(=O)c1nnn(CC(=O)Nc2cccc(Cl)c2)c1C. The van der Waals surface area contributed by atoms with E-state index in [2.05, 4.69) is 20.9 Å². The zero-order valence-electron chi connectivity index (χ0n) is 15.2. The zero-order valence-corrected chi connectivity index (χ0v) is 16.7. The van der Waals surface area contributed by atoms with Gasteiger partial charge in [-0.25, -0.2) is 4.68 Å². The summed E-state index contributed by atoms with van der Waals surface area (Å²) in [4.78, 5) is 24.8. The van der Waals surface area contributed by atoms with Crippen molar-refractivity contribution < 1.29 is 9.59 Å². The van der Waals surface area contributed by atoms with Crippen molar-refractivity contribution in [2.24, 2.45) is 0 Å². The fourth-order valence-electron chi connectivity index (χ4n) is 2.53. The highest BCUT2D eigenvalue weighted by molar-refractivity contribution is 6.31. The summed E-state index contributed by atoms with van der Waals surface area (Å²) in [7, 11) is 0. The molecule has 0 spiro atoms. The van der Waals surface area contributed by atoms with E-state index in [1.807, 2.05) is 13.0 Å². The summed E-state index contributed by atoms with van der Waals surface area (Å²) >= 11 is 11.9. The first-order chi connectivity index (χ1) is 13.3. The van der Waals surface area contributed by atoms with Crippen LogP contribution in [0.2, 0.25) is 10.0 Å². The molecule has 28 heavy (non-hydrogen) atoms. The van der Waals surface area contributed by atoms with Crippen molar-refractivity contribution in [1.82, 2.24) is 15.0 Å². The largest absolute Gasteiger partial charge is 0.324 e. The van der Waals surface area contributed by atoms with Crippen LogP contribution < -0.4 is 10.6 Å². The van der Waals surface area contributed by atoms with Crippen molar-refractivity contribution >= 4 is 46.4 Å². The Morgan fingerprint density at radius 1 is 1.04 bits per heavy atom. The molecule has 0 atom stereocenters. The quantitative estimate of drug-likeness (QED) is 0.653. The van der Waals surface area contributed by atoms with Gasteiger partial charge >= 0.3 is 0 Å². The van der Waals surface area contributed by atoms with E-state index in [1.54, 1.807) is 43.3 Å². The van der Waals surface area contributed by atoms with Crippen molar-refractivity contribution in [3.05, 3.63) is 69.5 Å². The summed E-state index contributed by atoms with van der Waals surface area (Å²) in [5, 5.41) is 14.3. The standard InChI is InChI=1S/C19H17Cl2N5O2/c1-11-6-7-14(21)9-16(11)23-19(28)18-12(2)26(25-24-18)10-17(27)22-15-5-3-4-13(20)8-15/h3-9H,10H2,1-2H3,(H,22,27)(H,23,28). The lowest BCUT2D eigenvalue weighted by molar-refractivity contribution is -0.117. The van der Waals surface area contributed by atoms with Crippen LogP contribution in [0.4, 0.5) is 11.4 Å². The topological polar surface area (TPSA) is 88.9 Å². The van der Waals surface area contributed by atoms with Crippen LogP contribution in [0.3, 0.4) is 0 Å². The Labute approximate surface area is 171 Å². The minimum atomic E-state index is -0.427. The van der Waals surface area contributed by atoms with Crippen LogP contribution in [0.1, 0.15) is 21.7 Å². The third-order valence-corrected chi connectivity index (χ3v) is 4.52. The van der Waals surface area contributed by atoms with Gasteiger partial charge in [0.25, 0.3) is 5.91 Å². The lowest BCUT2D eigenvalue weighted by Crippen LogP contribution is -2.21. The van der Waals surface area contributed by atoms with Crippen LogP contribution in [0.15, 0.2) is 42.5 Å². The van der Waals surface area contributed by atoms with Crippen LogP contribution in [-0.2, 0) is 11.3 Å². The molecule has 3 rings (SSSR count). The Bertz CT molecular complexity index is 1050. The van der Waals surface area contributed by atoms with Gasteiger partial charge < -0.3 is 10.6 Å².